The number of likely N-dealkylation sites (N-methyl/N-ethyl adjacent to an activating group) is 1. The summed E-state index contributed by atoms with van der Waals surface area (Å²) < 4.78 is 10.0. The Balaban J connectivity index is 3.06. The van der Waals surface area contributed by atoms with Crippen LogP contribution in [0.25, 0.3) is 0 Å². The lowest BCUT2D eigenvalue weighted by atomic mass is 10.6. The number of nitrogens with one attached hydrogen (secondary N) is 2. The van der Waals surface area contributed by atoms with Crippen molar-refractivity contribution in [1.82, 2.24) is 10.2 Å². The van der Waals surface area contributed by atoms with Gasteiger partial charge in [-0.15, -0.1) is 0 Å². The van der Waals surface area contributed by atoms with Crippen LogP contribution in [0.15, 0.2) is 5.11 Å². The third kappa shape index (κ3) is 8.79. The molecule has 0 aliphatic carbocycles. The molecule has 0 aliphatic rings. The van der Waals surface area contributed by atoms with Crippen LogP contribution in [0.3, 0.4) is 0 Å². The van der Waals surface area contributed by atoms with E-state index in [0.717, 1.165) is 0 Å². The zero-order valence-corrected chi connectivity index (χ0v) is 8.15. The Morgan fingerprint density at radius 2 is 2.14 bits per heavy atom. The van der Waals surface area contributed by atoms with Crippen LogP contribution < -0.4 is 10.2 Å². The Labute approximate surface area is 82.0 Å². The van der Waals surface area contributed by atoms with E-state index in [1.807, 2.05) is 0 Å². The van der Waals surface area contributed by atoms with E-state index in [4.69, 9.17) is 15.0 Å². The molecule has 0 saturated heterocycles. The molecule has 0 aliphatic heterocycles. The zero-order valence-electron chi connectivity index (χ0n) is 8.15. The van der Waals surface area contributed by atoms with E-state index in [9.17, 15) is 4.79 Å². The van der Waals surface area contributed by atoms with Crippen LogP contribution in [0, 0.1) is 5.53 Å². The van der Waals surface area contributed by atoms with Crippen LogP contribution in [0.4, 0.5) is 0 Å². The average Bonchev–Trinajstić information content (AvgIpc) is 2.21. The Kier molecular flexibility index (Phi) is 8.88. The second kappa shape index (κ2) is 9.79. The summed E-state index contributed by atoms with van der Waals surface area (Å²) in [7, 11) is 1.55. The van der Waals surface area contributed by atoms with E-state index in [2.05, 4.69) is 15.3 Å². The average molecular weight is 203 g/mol. The van der Waals surface area contributed by atoms with Gasteiger partial charge in [0.15, 0.2) is 0 Å². The van der Waals surface area contributed by atoms with Gasteiger partial charge in [0, 0.05) is 7.05 Å². The van der Waals surface area contributed by atoms with Gasteiger partial charge in [0.25, 0.3) is 0 Å². The Morgan fingerprint density at radius 1 is 1.43 bits per heavy atom. The number of rotatable bonds is 8. The minimum Gasteiger partial charge on any atom is -0.377 e. The summed E-state index contributed by atoms with van der Waals surface area (Å²) in [6.45, 7) is 1.60. The number of carbonyl (C=O) groups excluding carboxylic acids is 1. The molecule has 7 heteroatoms. The Morgan fingerprint density at radius 3 is 2.79 bits per heavy atom. The highest BCUT2D eigenvalue weighted by molar-refractivity contribution is 5.76. The lowest BCUT2D eigenvalue weighted by molar-refractivity contribution is -0.125. The van der Waals surface area contributed by atoms with Crippen molar-refractivity contribution in [2.75, 3.05) is 40.0 Å². The molecule has 0 saturated carbocycles. The van der Waals surface area contributed by atoms with Gasteiger partial charge in [-0.05, 0) is 0 Å². The maximum atomic E-state index is 10.7. The summed E-state index contributed by atoms with van der Waals surface area (Å²) in [6.07, 6.45) is 0. The molecular weight excluding hydrogens is 188 g/mol. The lowest BCUT2D eigenvalue weighted by Crippen LogP contribution is -2.24. The highest BCUT2D eigenvalue weighted by Crippen LogP contribution is 1.79. The molecule has 0 unspecified atom stereocenters. The van der Waals surface area contributed by atoms with Crippen molar-refractivity contribution in [3.8, 4) is 0 Å². The second-order valence-corrected chi connectivity index (χ2v) is 2.30. The smallest absolute Gasteiger partial charge is 0.245 e. The molecule has 80 valence electrons. The molecule has 0 aromatic heterocycles. The van der Waals surface area contributed by atoms with Crippen molar-refractivity contribution in [3.05, 3.63) is 0 Å². The molecule has 0 aromatic carbocycles. The fraction of sp³-hybridized carbons (Fsp3) is 0.857. The summed E-state index contributed by atoms with van der Waals surface area (Å²) in [5.41, 5.74) is 6.35. The minimum absolute atomic E-state index is 0.0479. The number of nitrogens with zero attached hydrogens (tertiary/aromatic N) is 2. The molecule has 2 N–H and O–H groups in total. The molecule has 1 amide bonds. The third-order valence-electron chi connectivity index (χ3n) is 1.29. The van der Waals surface area contributed by atoms with Gasteiger partial charge in [0.05, 0.1) is 19.8 Å². The highest BCUT2D eigenvalue weighted by atomic mass is 16.5. The Bertz CT molecular complexity index is 203. The van der Waals surface area contributed by atoms with Gasteiger partial charge in [0.2, 0.25) is 10.8 Å². The van der Waals surface area contributed by atoms with Gasteiger partial charge >= 0.3 is 0 Å². The summed E-state index contributed by atoms with van der Waals surface area (Å²) in [5.74, 6) is -0.159. The zero-order chi connectivity index (χ0) is 10.6. The number of ether oxygens (including phenoxy) is 2. The largest absolute Gasteiger partial charge is 0.377 e. The van der Waals surface area contributed by atoms with Gasteiger partial charge in [-0.2, -0.15) is 0 Å². The van der Waals surface area contributed by atoms with Crippen LogP contribution in [0.1, 0.15) is 0 Å². The monoisotopic (exact) mass is 203 g/mol. The fourth-order valence-corrected chi connectivity index (χ4v) is 0.612. The van der Waals surface area contributed by atoms with Crippen molar-refractivity contribution >= 4 is 5.91 Å². The number of hydrogen-bond donors (Lipinski definition) is 2. The van der Waals surface area contributed by atoms with Crippen molar-refractivity contribution in [1.29, 1.82) is 5.53 Å². The molecule has 0 aromatic rings. The predicted octanol–water partition coefficient (Wildman–Crippen LogP) is -0.684. The van der Waals surface area contributed by atoms with Crippen molar-refractivity contribution in [2.24, 2.45) is 5.11 Å². The molecular formula is C7H15N4O3+. The number of hydrogen-bond acceptors (Lipinski definition) is 5. The summed E-state index contributed by atoms with van der Waals surface area (Å²) in [4.78, 5) is 13.5. The Hall–Kier alpha value is -1.30. The van der Waals surface area contributed by atoms with E-state index in [1.54, 1.807) is 7.05 Å². The number of amides is 1. The number of carbonyl (C=O) groups is 1. The summed E-state index contributed by atoms with van der Waals surface area (Å²) in [6, 6.07) is 0. The van der Waals surface area contributed by atoms with Gasteiger partial charge < -0.3 is 14.8 Å². The molecule has 0 rings (SSSR count). The molecule has 0 heterocycles. The maximum Gasteiger partial charge on any atom is 0.245 e. The van der Waals surface area contributed by atoms with E-state index in [0.29, 0.717) is 26.4 Å². The topological polar surface area (TPSA) is 97.9 Å². The quantitative estimate of drug-likeness (QED) is 0.310. The van der Waals surface area contributed by atoms with Crippen LogP contribution in [0.5, 0.6) is 0 Å². The van der Waals surface area contributed by atoms with Crippen molar-refractivity contribution in [3.63, 3.8) is 0 Å². The van der Waals surface area contributed by atoms with Crippen molar-refractivity contribution < 1.29 is 14.3 Å². The van der Waals surface area contributed by atoms with Crippen molar-refractivity contribution in [2.45, 2.75) is 0 Å². The van der Waals surface area contributed by atoms with E-state index in [1.165, 1.54) is 0 Å². The second-order valence-electron chi connectivity index (χ2n) is 2.30. The third-order valence-corrected chi connectivity index (χ3v) is 1.29. The maximum absolute atomic E-state index is 10.7. The van der Waals surface area contributed by atoms with Gasteiger partial charge in [-0.1, -0.05) is 0 Å². The predicted molar refractivity (Wildman–Crippen MR) is 47.9 cm³/mol. The first kappa shape index (κ1) is 12.7. The van der Waals surface area contributed by atoms with E-state index in [-0.39, 0.29) is 12.5 Å². The first-order chi connectivity index (χ1) is 6.81. The molecule has 0 fully saturated rings. The first-order valence-corrected chi connectivity index (χ1v) is 4.20. The molecule has 0 spiro atoms. The SMILES string of the molecule is CNC(=O)COCCOCCN=[N+]=N. The molecule has 14 heavy (non-hydrogen) atoms. The first-order valence-electron chi connectivity index (χ1n) is 4.20. The van der Waals surface area contributed by atoms with Crippen LogP contribution in [0.2, 0.25) is 0 Å². The standard InChI is InChI=1S/C7H14N4O3/c1-9-7(12)6-14-5-4-13-3-2-10-11-8/h8H,2-6H2,1H3/p+1. The summed E-state index contributed by atoms with van der Waals surface area (Å²) in [5, 5.41) is 5.82. The lowest BCUT2D eigenvalue weighted by Gasteiger charge is -2.02. The van der Waals surface area contributed by atoms with Crippen LogP contribution >= 0.6 is 0 Å². The normalized spacial score (nSPS) is 9.21. The minimum atomic E-state index is -0.159. The molecule has 0 atom stereocenters. The molecule has 0 radical (unpaired) electrons. The fourth-order valence-electron chi connectivity index (χ4n) is 0.612. The van der Waals surface area contributed by atoms with Crippen LogP contribution in [-0.4, -0.2) is 45.9 Å². The van der Waals surface area contributed by atoms with Gasteiger partial charge in [-0.3, -0.25) is 4.79 Å². The van der Waals surface area contributed by atoms with Crippen LogP contribution in [-0.2, 0) is 14.3 Å². The van der Waals surface area contributed by atoms with Gasteiger partial charge in [0.1, 0.15) is 23.8 Å². The van der Waals surface area contributed by atoms with E-state index >= 15 is 0 Å². The summed E-state index contributed by atoms with van der Waals surface area (Å²) >= 11 is 0. The molecule has 0 bridgehead atoms. The highest BCUT2D eigenvalue weighted by Gasteiger charge is 1.96. The van der Waals surface area contributed by atoms with E-state index < -0.39 is 0 Å². The molecule has 7 nitrogen and oxygen atoms in total. The van der Waals surface area contributed by atoms with Gasteiger partial charge in [-0.25, -0.2) is 0 Å².